The second-order valence-corrected chi connectivity index (χ2v) is 4.83. The van der Waals surface area contributed by atoms with Gasteiger partial charge in [0.15, 0.2) is 0 Å². The lowest BCUT2D eigenvalue weighted by molar-refractivity contribution is 0.0525. The number of aryl methyl sites for hydroxylation is 1. The van der Waals surface area contributed by atoms with Gasteiger partial charge in [0, 0.05) is 11.7 Å². The van der Waals surface area contributed by atoms with Crippen LogP contribution in [0.4, 0.5) is 0 Å². The molecule has 0 radical (unpaired) electrons. The van der Waals surface area contributed by atoms with E-state index >= 15 is 0 Å². The first-order valence-electron chi connectivity index (χ1n) is 7.13. The standard InChI is InChI=1S/C15H24N2O3/c1-6-11(7-2)17-14(18)13-9(4)12(10(5)16-13)15(19)20-8-3/h11,16H,6-8H2,1-5H3,(H,17,18). The van der Waals surface area contributed by atoms with Gasteiger partial charge >= 0.3 is 5.97 Å². The van der Waals surface area contributed by atoms with Gasteiger partial charge < -0.3 is 15.0 Å². The molecule has 1 aromatic rings. The molecule has 112 valence electrons. The van der Waals surface area contributed by atoms with Crippen LogP contribution in [0, 0.1) is 13.8 Å². The number of aromatic nitrogens is 1. The summed E-state index contributed by atoms with van der Waals surface area (Å²) in [6.45, 7) is 9.68. The van der Waals surface area contributed by atoms with Gasteiger partial charge in [0.2, 0.25) is 0 Å². The van der Waals surface area contributed by atoms with Crippen LogP contribution < -0.4 is 5.32 Å². The van der Waals surface area contributed by atoms with Gasteiger partial charge in [0.05, 0.1) is 12.2 Å². The number of hydrogen-bond acceptors (Lipinski definition) is 3. The van der Waals surface area contributed by atoms with Crippen molar-refractivity contribution >= 4 is 11.9 Å². The molecule has 5 heteroatoms. The fourth-order valence-electron chi connectivity index (χ4n) is 2.24. The van der Waals surface area contributed by atoms with Gasteiger partial charge in [-0.15, -0.1) is 0 Å². The van der Waals surface area contributed by atoms with Crippen molar-refractivity contribution in [2.75, 3.05) is 6.61 Å². The van der Waals surface area contributed by atoms with Gasteiger partial charge in [0.1, 0.15) is 5.69 Å². The van der Waals surface area contributed by atoms with Crippen molar-refractivity contribution in [3.05, 3.63) is 22.5 Å². The van der Waals surface area contributed by atoms with E-state index in [4.69, 9.17) is 4.74 Å². The van der Waals surface area contributed by atoms with E-state index in [0.29, 0.717) is 29.1 Å². The van der Waals surface area contributed by atoms with E-state index in [0.717, 1.165) is 12.8 Å². The molecule has 1 amide bonds. The predicted molar refractivity (Wildman–Crippen MR) is 78.1 cm³/mol. The Balaban J connectivity index is 3.00. The van der Waals surface area contributed by atoms with Gasteiger partial charge in [-0.05, 0) is 39.2 Å². The summed E-state index contributed by atoms with van der Waals surface area (Å²) in [5, 5.41) is 2.96. The van der Waals surface area contributed by atoms with Gasteiger partial charge in [-0.25, -0.2) is 4.79 Å². The minimum Gasteiger partial charge on any atom is -0.462 e. The number of nitrogens with one attached hydrogen (secondary N) is 2. The topological polar surface area (TPSA) is 71.2 Å². The lowest BCUT2D eigenvalue weighted by Gasteiger charge is -2.14. The largest absolute Gasteiger partial charge is 0.462 e. The Morgan fingerprint density at radius 3 is 2.30 bits per heavy atom. The van der Waals surface area contributed by atoms with E-state index in [1.165, 1.54) is 0 Å². The van der Waals surface area contributed by atoms with Crippen molar-refractivity contribution < 1.29 is 14.3 Å². The van der Waals surface area contributed by atoms with Crippen LogP contribution in [0.3, 0.4) is 0 Å². The van der Waals surface area contributed by atoms with Crippen LogP contribution in [0.2, 0.25) is 0 Å². The Labute approximate surface area is 120 Å². The molecule has 5 nitrogen and oxygen atoms in total. The SMILES string of the molecule is CCOC(=O)c1c(C)[nH]c(C(=O)NC(CC)CC)c1C. The molecule has 1 heterocycles. The second kappa shape index (κ2) is 7.12. The summed E-state index contributed by atoms with van der Waals surface area (Å²) in [4.78, 5) is 27.1. The summed E-state index contributed by atoms with van der Waals surface area (Å²) in [6.07, 6.45) is 1.76. The fourth-order valence-corrected chi connectivity index (χ4v) is 2.24. The van der Waals surface area contributed by atoms with Gasteiger partial charge in [-0.3, -0.25) is 4.79 Å². The predicted octanol–water partition coefficient (Wildman–Crippen LogP) is 2.73. The lowest BCUT2D eigenvalue weighted by Crippen LogP contribution is -2.34. The average Bonchev–Trinajstić information content (AvgIpc) is 2.71. The molecule has 2 N–H and O–H groups in total. The average molecular weight is 280 g/mol. The molecular weight excluding hydrogens is 256 g/mol. The van der Waals surface area contributed by atoms with Crippen LogP contribution >= 0.6 is 0 Å². The minimum absolute atomic E-state index is 0.150. The van der Waals surface area contributed by atoms with Crippen molar-refractivity contribution in [3.63, 3.8) is 0 Å². The zero-order valence-electron chi connectivity index (χ0n) is 12.9. The zero-order valence-corrected chi connectivity index (χ0v) is 12.9. The third-order valence-electron chi connectivity index (χ3n) is 3.46. The van der Waals surface area contributed by atoms with Crippen LogP contribution in [0.25, 0.3) is 0 Å². The van der Waals surface area contributed by atoms with E-state index in [9.17, 15) is 9.59 Å². The molecule has 0 atom stereocenters. The highest BCUT2D eigenvalue weighted by molar-refractivity contribution is 6.00. The van der Waals surface area contributed by atoms with E-state index in [2.05, 4.69) is 10.3 Å². The Morgan fingerprint density at radius 2 is 1.80 bits per heavy atom. The molecule has 0 spiro atoms. The molecule has 1 rings (SSSR count). The Bertz CT molecular complexity index is 488. The summed E-state index contributed by atoms with van der Waals surface area (Å²) in [5.74, 6) is -0.560. The fraction of sp³-hybridized carbons (Fsp3) is 0.600. The molecule has 1 aromatic heterocycles. The summed E-state index contributed by atoms with van der Waals surface area (Å²) >= 11 is 0. The maximum Gasteiger partial charge on any atom is 0.340 e. The van der Waals surface area contributed by atoms with Crippen LogP contribution in [0.1, 0.15) is 65.7 Å². The Hall–Kier alpha value is -1.78. The smallest absolute Gasteiger partial charge is 0.340 e. The third kappa shape index (κ3) is 3.40. The molecule has 0 saturated carbocycles. The van der Waals surface area contributed by atoms with Crippen LogP contribution in [0.15, 0.2) is 0 Å². The van der Waals surface area contributed by atoms with Crippen LogP contribution in [0.5, 0.6) is 0 Å². The number of carbonyl (C=O) groups is 2. The monoisotopic (exact) mass is 280 g/mol. The number of esters is 1. The Kier molecular flexibility index (Phi) is 5.80. The maximum atomic E-state index is 12.2. The number of amides is 1. The Morgan fingerprint density at radius 1 is 1.20 bits per heavy atom. The van der Waals surface area contributed by atoms with E-state index in [-0.39, 0.29) is 17.9 Å². The first-order valence-corrected chi connectivity index (χ1v) is 7.13. The van der Waals surface area contributed by atoms with Crippen molar-refractivity contribution in [1.29, 1.82) is 0 Å². The summed E-state index contributed by atoms with van der Waals surface area (Å²) in [7, 11) is 0. The normalized spacial score (nSPS) is 10.7. The quantitative estimate of drug-likeness (QED) is 0.787. The second-order valence-electron chi connectivity index (χ2n) is 4.83. The third-order valence-corrected chi connectivity index (χ3v) is 3.46. The van der Waals surface area contributed by atoms with Crippen LogP contribution in [-0.2, 0) is 4.74 Å². The van der Waals surface area contributed by atoms with Gasteiger partial charge in [-0.2, -0.15) is 0 Å². The molecule has 0 aliphatic carbocycles. The van der Waals surface area contributed by atoms with E-state index < -0.39 is 0 Å². The first-order chi connectivity index (χ1) is 9.46. The minimum atomic E-state index is -0.389. The number of ether oxygens (including phenoxy) is 1. The molecule has 0 aliphatic rings. The van der Waals surface area contributed by atoms with Crippen molar-refractivity contribution in [2.45, 2.75) is 53.5 Å². The highest BCUT2D eigenvalue weighted by Crippen LogP contribution is 2.19. The van der Waals surface area contributed by atoms with Crippen molar-refractivity contribution in [2.24, 2.45) is 0 Å². The molecular formula is C15H24N2O3. The summed E-state index contributed by atoms with van der Waals surface area (Å²) < 4.78 is 5.02. The van der Waals surface area contributed by atoms with Crippen molar-refractivity contribution in [3.8, 4) is 0 Å². The lowest BCUT2D eigenvalue weighted by atomic mass is 10.1. The molecule has 0 aromatic carbocycles. The number of rotatable bonds is 6. The van der Waals surface area contributed by atoms with Crippen LogP contribution in [-0.4, -0.2) is 29.5 Å². The van der Waals surface area contributed by atoms with Crippen molar-refractivity contribution in [1.82, 2.24) is 10.3 Å². The van der Waals surface area contributed by atoms with E-state index in [1.54, 1.807) is 20.8 Å². The van der Waals surface area contributed by atoms with Gasteiger partial charge in [0.25, 0.3) is 5.91 Å². The number of H-pyrrole nitrogens is 1. The first kappa shape index (κ1) is 16.3. The maximum absolute atomic E-state index is 12.2. The van der Waals surface area contributed by atoms with Gasteiger partial charge in [-0.1, -0.05) is 13.8 Å². The van der Waals surface area contributed by atoms with E-state index in [1.807, 2.05) is 13.8 Å². The molecule has 0 bridgehead atoms. The number of hydrogen-bond donors (Lipinski definition) is 2. The summed E-state index contributed by atoms with van der Waals surface area (Å²) in [6, 6.07) is 0.150. The molecule has 0 fully saturated rings. The molecule has 20 heavy (non-hydrogen) atoms. The molecule has 0 unspecified atom stereocenters. The number of aromatic amines is 1. The highest BCUT2D eigenvalue weighted by Gasteiger charge is 2.23. The molecule has 0 saturated heterocycles. The molecule has 0 aliphatic heterocycles. The highest BCUT2D eigenvalue weighted by atomic mass is 16.5. The zero-order chi connectivity index (χ0) is 15.3. The summed E-state index contributed by atoms with van der Waals surface area (Å²) in [5.41, 5.74) is 2.21. The number of carbonyl (C=O) groups excluding carboxylic acids is 2.